The molecule has 3 nitrogen and oxygen atoms in total. The second-order valence-corrected chi connectivity index (χ2v) is 6.70. The summed E-state index contributed by atoms with van der Waals surface area (Å²) in [6.45, 7) is 2.39. The molecule has 0 amide bonds. The summed E-state index contributed by atoms with van der Waals surface area (Å²) in [6, 6.07) is 0. The second-order valence-electron chi connectivity index (χ2n) is 6.70. The lowest BCUT2D eigenvalue weighted by atomic mass is 9.83. The predicted octanol–water partition coefficient (Wildman–Crippen LogP) is 2.88. The molecule has 2 rings (SSSR count). The zero-order valence-electron chi connectivity index (χ0n) is 12.3. The Morgan fingerprint density at radius 1 is 1.00 bits per heavy atom. The minimum absolute atomic E-state index is 0.0375. The Morgan fingerprint density at radius 3 is 2.47 bits per heavy atom. The van der Waals surface area contributed by atoms with Gasteiger partial charge in [0.15, 0.2) is 0 Å². The molecule has 0 bridgehead atoms. The highest BCUT2D eigenvalue weighted by Gasteiger charge is 2.33. The van der Waals surface area contributed by atoms with Crippen molar-refractivity contribution in [3.8, 4) is 0 Å². The Bertz CT molecular complexity index is 256. The third-order valence-corrected chi connectivity index (χ3v) is 4.86. The predicted molar refractivity (Wildman–Crippen MR) is 76.0 cm³/mol. The van der Waals surface area contributed by atoms with Gasteiger partial charge >= 0.3 is 0 Å². The topological polar surface area (TPSA) is 49.7 Å². The summed E-state index contributed by atoms with van der Waals surface area (Å²) in [7, 11) is 0. The van der Waals surface area contributed by atoms with E-state index in [4.69, 9.17) is 4.74 Å². The molecule has 1 saturated heterocycles. The normalized spacial score (nSPS) is 42.2. The van der Waals surface area contributed by atoms with Crippen LogP contribution in [0.1, 0.15) is 64.7 Å². The maximum Gasteiger partial charge on any atom is 0.0834 e. The molecule has 1 saturated carbocycles. The van der Waals surface area contributed by atoms with Crippen LogP contribution in [0.4, 0.5) is 0 Å². The van der Waals surface area contributed by atoms with E-state index in [1.807, 2.05) is 0 Å². The minimum Gasteiger partial charge on any atom is -0.394 e. The molecule has 0 radical (unpaired) electrons. The van der Waals surface area contributed by atoms with Gasteiger partial charge in [-0.15, -0.1) is 0 Å². The number of hydrogen-bond acceptors (Lipinski definition) is 3. The summed E-state index contributed by atoms with van der Waals surface area (Å²) in [4.78, 5) is 0. The molecular weight excluding hydrogens is 240 g/mol. The molecule has 19 heavy (non-hydrogen) atoms. The Morgan fingerprint density at radius 2 is 1.74 bits per heavy atom. The van der Waals surface area contributed by atoms with Gasteiger partial charge in [0.1, 0.15) is 0 Å². The Hall–Kier alpha value is -0.120. The summed E-state index contributed by atoms with van der Waals surface area (Å²) < 4.78 is 6.02. The molecule has 1 heterocycles. The third-order valence-electron chi connectivity index (χ3n) is 4.86. The van der Waals surface area contributed by atoms with Crippen molar-refractivity contribution in [3.05, 3.63) is 0 Å². The molecule has 0 aromatic rings. The molecule has 0 aromatic heterocycles. The second kappa shape index (κ2) is 7.61. The van der Waals surface area contributed by atoms with E-state index >= 15 is 0 Å². The van der Waals surface area contributed by atoms with Gasteiger partial charge in [0, 0.05) is 6.42 Å². The molecule has 2 aliphatic rings. The van der Waals surface area contributed by atoms with Gasteiger partial charge in [0.05, 0.1) is 24.9 Å². The van der Waals surface area contributed by atoms with Gasteiger partial charge in [-0.1, -0.05) is 39.0 Å². The monoisotopic (exact) mass is 270 g/mol. The van der Waals surface area contributed by atoms with Crippen molar-refractivity contribution in [2.45, 2.75) is 83.0 Å². The van der Waals surface area contributed by atoms with Crippen molar-refractivity contribution >= 4 is 0 Å². The van der Waals surface area contributed by atoms with Crippen molar-refractivity contribution in [2.24, 2.45) is 11.8 Å². The van der Waals surface area contributed by atoms with Crippen molar-refractivity contribution in [1.82, 2.24) is 0 Å². The molecule has 0 spiro atoms. The first-order valence-electron chi connectivity index (χ1n) is 8.13. The first kappa shape index (κ1) is 15.3. The zero-order chi connectivity index (χ0) is 13.7. The van der Waals surface area contributed by atoms with Crippen LogP contribution in [0.15, 0.2) is 0 Å². The molecule has 2 N–H and O–H groups in total. The molecule has 2 fully saturated rings. The van der Waals surface area contributed by atoms with Crippen LogP contribution in [0.25, 0.3) is 0 Å². The van der Waals surface area contributed by atoms with Gasteiger partial charge in [-0.3, -0.25) is 0 Å². The molecule has 1 aliphatic carbocycles. The molecule has 112 valence electrons. The molecule has 0 aromatic carbocycles. The van der Waals surface area contributed by atoms with Crippen molar-refractivity contribution in [3.63, 3.8) is 0 Å². The average molecular weight is 270 g/mol. The van der Waals surface area contributed by atoms with E-state index in [1.165, 1.54) is 44.9 Å². The van der Waals surface area contributed by atoms with Gasteiger partial charge in [-0.05, 0) is 31.1 Å². The Labute approximate surface area is 117 Å². The van der Waals surface area contributed by atoms with Crippen LogP contribution in [-0.2, 0) is 4.74 Å². The molecule has 3 heteroatoms. The van der Waals surface area contributed by atoms with Crippen LogP contribution in [0, 0.1) is 11.8 Å². The summed E-state index contributed by atoms with van der Waals surface area (Å²) in [5.74, 6) is 1.33. The first-order chi connectivity index (χ1) is 9.19. The van der Waals surface area contributed by atoms with Gasteiger partial charge in [-0.2, -0.15) is 0 Å². The van der Waals surface area contributed by atoms with Gasteiger partial charge in [-0.25, -0.2) is 0 Å². The van der Waals surface area contributed by atoms with Crippen LogP contribution < -0.4 is 0 Å². The van der Waals surface area contributed by atoms with Crippen LogP contribution in [0.2, 0.25) is 0 Å². The van der Waals surface area contributed by atoms with E-state index < -0.39 is 0 Å². The maximum atomic E-state index is 9.97. The Kier molecular flexibility index (Phi) is 6.11. The largest absolute Gasteiger partial charge is 0.394 e. The highest BCUT2D eigenvalue weighted by molar-refractivity contribution is 4.83. The Balaban J connectivity index is 1.95. The average Bonchev–Trinajstić information content (AvgIpc) is 2.50. The molecule has 3 unspecified atom stereocenters. The van der Waals surface area contributed by atoms with E-state index in [0.717, 1.165) is 12.3 Å². The lowest BCUT2D eigenvalue weighted by molar-refractivity contribution is -0.134. The molecule has 1 aliphatic heterocycles. The quantitative estimate of drug-likeness (QED) is 0.811. The van der Waals surface area contributed by atoms with Gasteiger partial charge in [0.2, 0.25) is 0 Å². The van der Waals surface area contributed by atoms with Crippen molar-refractivity contribution < 1.29 is 14.9 Å². The number of ether oxygens (including phenoxy) is 1. The van der Waals surface area contributed by atoms with Gasteiger partial charge in [0.25, 0.3) is 0 Å². The number of rotatable bonds is 2. The van der Waals surface area contributed by atoms with Gasteiger partial charge < -0.3 is 14.9 Å². The third kappa shape index (κ3) is 4.73. The van der Waals surface area contributed by atoms with E-state index in [1.54, 1.807) is 0 Å². The van der Waals surface area contributed by atoms with Crippen LogP contribution in [0.3, 0.4) is 0 Å². The van der Waals surface area contributed by atoms with Crippen molar-refractivity contribution in [1.29, 1.82) is 0 Å². The van der Waals surface area contributed by atoms with Crippen molar-refractivity contribution in [2.75, 3.05) is 6.61 Å². The highest BCUT2D eigenvalue weighted by Crippen LogP contribution is 2.34. The van der Waals surface area contributed by atoms with E-state index in [-0.39, 0.29) is 24.9 Å². The van der Waals surface area contributed by atoms with E-state index in [0.29, 0.717) is 12.3 Å². The van der Waals surface area contributed by atoms with Crippen LogP contribution >= 0.6 is 0 Å². The fourth-order valence-electron chi connectivity index (χ4n) is 3.79. The first-order valence-corrected chi connectivity index (χ1v) is 8.13. The molecular formula is C16H30O3. The maximum absolute atomic E-state index is 9.97. The summed E-state index contributed by atoms with van der Waals surface area (Å²) in [6.07, 6.45) is 10.2. The SMILES string of the molecule is CC1CCCCCCC(C2C[C@@H](O)C[C@@H](CO)O2)C1. The van der Waals surface area contributed by atoms with Crippen LogP contribution in [-0.4, -0.2) is 35.1 Å². The standard InChI is InChI=1S/C16H30O3/c1-12-6-4-2-3-5-7-13(8-12)16-10-14(18)9-15(11-17)19-16/h12-18H,2-11H2,1H3/t12?,13?,14-,15-,16?/m0/s1. The lowest BCUT2D eigenvalue weighted by Gasteiger charge is -2.37. The highest BCUT2D eigenvalue weighted by atomic mass is 16.5. The number of hydrogen-bond donors (Lipinski definition) is 2. The lowest BCUT2D eigenvalue weighted by Crippen LogP contribution is -2.41. The van der Waals surface area contributed by atoms with Crippen LogP contribution in [0.5, 0.6) is 0 Å². The summed E-state index contributed by atoms with van der Waals surface area (Å²) in [5.41, 5.74) is 0. The van der Waals surface area contributed by atoms with E-state index in [9.17, 15) is 10.2 Å². The molecule has 5 atom stereocenters. The number of aliphatic hydroxyl groups is 2. The van der Waals surface area contributed by atoms with E-state index in [2.05, 4.69) is 6.92 Å². The number of aliphatic hydroxyl groups excluding tert-OH is 2. The summed E-state index contributed by atoms with van der Waals surface area (Å²) in [5, 5.41) is 19.3. The fraction of sp³-hybridized carbons (Fsp3) is 1.00. The minimum atomic E-state index is -0.293. The fourth-order valence-corrected chi connectivity index (χ4v) is 3.79. The smallest absolute Gasteiger partial charge is 0.0834 e. The zero-order valence-corrected chi connectivity index (χ0v) is 12.3. The summed E-state index contributed by atoms with van der Waals surface area (Å²) >= 11 is 0.